The molecule has 2 atom stereocenters. The van der Waals surface area contributed by atoms with Gasteiger partial charge in [-0.15, -0.1) is 28.3 Å². The molecule has 3 aromatic rings. The zero-order valence-corrected chi connectivity index (χ0v) is 16.1. The second-order valence-electron chi connectivity index (χ2n) is 6.99. The molecule has 4 heterocycles. The molecule has 1 aromatic carbocycles. The van der Waals surface area contributed by atoms with Gasteiger partial charge in [-0.3, -0.25) is 4.98 Å². The maximum absolute atomic E-state index is 4.82. The van der Waals surface area contributed by atoms with Crippen molar-refractivity contribution in [1.29, 1.82) is 0 Å². The van der Waals surface area contributed by atoms with Gasteiger partial charge < -0.3 is 4.90 Å². The normalized spacial score (nSPS) is 25.6. The minimum absolute atomic E-state index is 0. The lowest BCUT2D eigenvalue weighted by atomic mass is 9.75. The van der Waals surface area contributed by atoms with Crippen LogP contribution in [-0.2, 0) is 5.41 Å². The number of fused-ring (bicyclic) bond motifs is 3. The molecule has 124 valence electrons. The molecule has 2 nitrogen and oxygen atoms in total. The fraction of sp³-hybridized carbons (Fsp3) is 0.350. The highest BCUT2D eigenvalue weighted by Crippen LogP contribution is 2.42. The summed E-state index contributed by atoms with van der Waals surface area (Å²) in [6.07, 6.45) is 6.11. The van der Waals surface area contributed by atoms with Crippen LogP contribution >= 0.6 is 28.3 Å². The molecule has 0 radical (unpaired) electrons. The number of thiophene rings is 1. The monoisotopic (exact) mass is 400 g/mol. The van der Waals surface area contributed by atoms with Crippen LogP contribution in [0.15, 0.2) is 48.7 Å². The molecule has 2 unspecified atom stereocenters. The number of rotatable bonds is 2. The molecule has 2 bridgehead atoms. The first-order valence-corrected chi connectivity index (χ1v) is 9.32. The van der Waals surface area contributed by atoms with Crippen LogP contribution in [0.1, 0.15) is 24.8 Å². The summed E-state index contributed by atoms with van der Waals surface area (Å²) in [6.45, 7) is 3.78. The van der Waals surface area contributed by atoms with E-state index in [1.54, 1.807) is 0 Å². The summed E-state index contributed by atoms with van der Waals surface area (Å²) in [7, 11) is 0. The minimum atomic E-state index is 0. The van der Waals surface area contributed by atoms with Crippen molar-refractivity contribution in [3.63, 3.8) is 0 Å². The average molecular weight is 401 g/mol. The third-order valence-electron chi connectivity index (χ3n) is 5.62. The van der Waals surface area contributed by atoms with Gasteiger partial charge in [-0.25, -0.2) is 0 Å². The largest absolute Gasteiger partial charge is 0.302 e. The van der Waals surface area contributed by atoms with Gasteiger partial charge in [0.05, 0.1) is 10.6 Å². The molecule has 24 heavy (non-hydrogen) atoms. The molecule has 0 N–H and O–H groups in total. The Bertz CT molecular complexity index is 820. The predicted molar refractivity (Wildman–Crippen MR) is 107 cm³/mol. The molecule has 2 aliphatic heterocycles. The predicted octanol–water partition coefficient (Wildman–Crippen LogP) is 5.28. The number of hydrogen-bond donors (Lipinski definition) is 0. The number of piperidine rings is 1. The standard InChI is InChI=1S/C20H20N2S.BrH/c1-2-5-18-15(4-1)12-19(23-18)17-7-6-16(13-21-17)20-8-3-10-22(14-20)11-9-20;/h1-2,4-7,12-13H,3,8-11,14H2;1H. The molecule has 2 aromatic heterocycles. The van der Waals surface area contributed by atoms with E-state index in [9.17, 15) is 0 Å². The Kier molecular flexibility index (Phi) is 4.23. The molecule has 4 heteroatoms. The van der Waals surface area contributed by atoms with Crippen molar-refractivity contribution in [3.8, 4) is 10.6 Å². The van der Waals surface area contributed by atoms with Crippen LogP contribution in [0.5, 0.6) is 0 Å². The number of nitrogens with zero attached hydrogens (tertiary/aromatic N) is 2. The number of benzene rings is 1. The Balaban J connectivity index is 0.00000146. The van der Waals surface area contributed by atoms with Gasteiger partial charge in [-0.05, 0) is 61.5 Å². The van der Waals surface area contributed by atoms with E-state index in [0.717, 1.165) is 5.69 Å². The first-order valence-electron chi connectivity index (χ1n) is 8.50. The van der Waals surface area contributed by atoms with Gasteiger partial charge in [0.1, 0.15) is 0 Å². The molecule has 0 spiro atoms. The van der Waals surface area contributed by atoms with E-state index in [1.165, 1.54) is 59.4 Å². The molecule has 0 saturated carbocycles. The van der Waals surface area contributed by atoms with Gasteiger partial charge in [0.15, 0.2) is 0 Å². The molecule has 0 amide bonds. The Morgan fingerprint density at radius 1 is 1.04 bits per heavy atom. The van der Waals surface area contributed by atoms with Crippen molar-refractivity contribution in [3.05, 3.63) is 54.2 Å². The summed E-state index contributed by atoms with van der Waals surface area (Å²) in [6, 6.07) is 15.4. The first-order chi connectivity index (χ1) is 11.3. The van der Waals surface area contributed by atoms with Crippen molar-refractivity contribution in [2.45, 2.75) is 24.7 Å². The van der Waals surface area contributed by atoms with Crippen LogP contribution in [0.3, 0.4) is 0 Å². The van der Waals surface area contributed by atoms with E-state index in [-0.39, 0.29) is 17.0 Å². The molecule has 2 aliphatic rings. The molecular weight excluding hydrogens is 380 g/mol. The summed E-state index contributed by atoms with van der Waals surface area (Å²) in [4.78, 5) is 8.71. The lowest BCUT2D eigenvalue weighted by molar-refractivity contribution is 0.243. The summed E-state index contributed by atoms with van der Waals surface area (Å²) in [5.74, 6) is 0. The van der Waals surface area contributed by atoms with Crippen molar-refractivity contribution in [2.24, 2.45) is 0 Å². The fourth-order valence-corrected chi connectivity index (χ4v) is 5.38. The van der Waals surface area contributed by atoms with Gasteiger partial charge in [-0.2, -0.15) is 0 Å². The van der Waals surface area contributed by atoms with Crippen LogP contribution in [0.2, 0.25) is 0 Å². The van der Waals surface area contributed by atoms with Gasteiger partial charge >= 0.3 is 0 Å². The third-order valence-corrected chi connectivity index (χ3v) is 6.75. The maximum atomic E-state index is 4.82. The summed E-state index contributed by atoms with van der Waals surface area (Å²) in [5.41, 5.74) is 2.94. The van der Waals surface area contributed by atoms with E-state index >= 15 is 0 Å². The summed E-state index contributed by atoms with van der Waals surface area (Å²) < 4.78 is 1.34. The quantitative estimate of drug-likeness (QED) is 0.581. The van der Waals surface area contributed by atoms with Gasteiger partial charge in [0, 0.05) is 22.9 Å². The summed E-state index contributed by atoms with van der Waals surface area (Å²) in [5, 5.41) is 1.32. The van der Waals surface area contributed by atoms with E-state index in [4.69, 9.17) is 4.98 Å². The Hall–Kier alpha value is -1.23. The molecule has 0 aliphatic carbocycles. The average Bonchev–Trinajstić information content (AvgIpc) is 3.16. The molecular formula is C20H21BrN2S. The SMILES string of the molecule is Br.c1ccc2sc(-c3ccc(C45CCCN(CC4)C5)cn3)cc2c1. The molecule has 5 rings (SSSR count). The second-order valence-corrected chi connectivity index (χ2v) is 8.07. The number of pyridine rings is 1. The Morgan fingerprint density at radius 3 is 2.79 bits per heavy atom. The highest BCUT2D eigenvalue weighted by atomic mass is 79.9. The zero-order valence-electron chi connectivity index (χ0n) is 13.6. The smallest absolute Gasteiger partial charge is 0.0802 e. The highest BCUT2D eigenvalue weighted by Gasteiger charge is 2.42. The van der Waals surface area contributed by atoms with E-state index in [2.05, 4.69) is 53.6 Å². The maximum Gasteiger partial charge on any atom is 0.0802 e. The Labute approximate surface area is 157 Å². The van der Waals surface area contributed by atoms with Crippen molar-refractivity contribution in [1.82, 2.24) is 9.88 Å². The first kappa shape index (κ1) is 16.2. The zero-order chi connectivity index (χ0) is 15.3. The van der Waals surface area contributed by atoms with E-state index in [0.29, 0.717) is 5.41 Å². The van der Waals surface area contributed by atoms with Gasteiger partial charge in [0.2, 0.25) is 0 Å². The van der Waals surface area contributed by atoms with Crippen LogP contribution in [-0.4, -0.2) is 29.5 Å². The number of aromatic nitrogens is 1. The molecule has 2 saturated heterocycles. The van der Waals surface area contributed by atoms with Crippen molar-refractivity contribution < 1.29 is 0 Å². The topological polar surface area (TPSA) is 16.1 Å². The Morgan fingerprint density at radius 2 is 1.96 bits per heavy atom. The van der Waals surface area contributed by atoms with E-state index in [1.807, 2.05) is 11.3 Å². The van der Waals surface area contributed by atoms with Crippen molar-refractivity contribution in [2.75, 3.05) is 19.6 Å². The van der Waals surface area contributed by atoms with Crippen LogP contribution < -0.4 is 0 Å². The fourth-order valence-electron chi connectivity index (χ4n) is 4.34. The van der Waals surface area contributed by atoms with Crippen LogP contribution in [0.25, 0.3) is 20.7 Å². The lowest BCUT2D eigenvalue weighted by Crippen LogP contribution is -2.36. The molecule has 2 fully saturated rings. The van der Waals surface area contributed by atoms with Crippen LogP contribution in [0.4, 0.5) is 0 Å². The number of hydrogen-bond acceptors (Lipinski definition) is 3. The van der Waals surface area contributed by atoms with Gasteiger partial charge in [-0.1, -0.05) is 24.3 Å². The van der Waals surface area contributed by atoms with Gasteiger partial charge in [0.25, 0.3) is 0 Å². The highest BCUT2D eigenvalue weighted by molar-refractivity contribution is 8.93. The van der Waals surface area contributed by atoms with Crippen molar-refractivity contribution >= 4 is 38.4 Å². The summed E-state index contributed by atoms with van der Waals surface area (Å²) >= 11 is 1.83. The second kappa shape index (κ2) is 6.25. The lowest BCUT2D eigenvalue weighted by Gasteiger charge is -2.34. The number of halogens is 1. The van der Waals surface area contributed by atoms with Crippen LogP contribution in [0, 0.1) is 0 Å². The minimum Gasteiger partial charge on any atom is -0.302 e. The van der Waals surface area contributed by atoms with E-state index < -0.39 is 0 Å². The third kappa shape index (κ3) is 2.61.